The van der Waals surface area contributed by atoms with Crippen LogP contribution in [0.25, 0.3) is 0 Å². The molecule has 0 aliphatic rings. The number of hydrogen-bond donors (Lipinski definition) is 2. The molecule has 0 aliphatic carbocycles. The highest BCUT2D eigenvalue weighted by atomic mass is 16.2. The monoisotopic (exact) mass is 135 g/mol. The number of hydrogen-bond acceptors (Lipinski definition) is 5. The molecular formula is C3H3B2N3O2. The van der Waals surface area contributed by atoms with Crippen LogP contribution in [-0.4, -0.2) is 40.0 Å². The molecule has 0 saturated heterocycles. The predicted molar refractivity (Wildman–Crippen MR) is 35.0 cm³/mol. The van der Waals surface area contributed by atoms with E-state index in [4.69, 9.17) is 10.0 Å². The molecule has 1 aromatic rings. The van der Waals surface area contributed by atoms with Gasteiger partial charge in [0.2, 0.25) is 0 Å². The third-order valence-electron chi connectivity index (χ3n) is 0.840. The third-order valence-corrected chi connectivity index (χ3v) is 0.840. The first-order chi connectivity index (χ1) is 4.86. The topological polar surface area (TPSA) is 79.1 Å². The molecule has 1 heterocycles. The molecule has 2 radical (unpaired) electrons. The van der Waals surface area contributed by atoms with Crippen LogP contribution in [-0.2, 0) is 0 Å². The van der Waals surface area contributed by atoms with Gasteiger partial charge in [-0.25, -0.2) is 15.0 Å². The minimum atomic E-state index is 0.121. The zero-order valence-electron chi connectivity index (χ0n) is 4.97. The summed E-state index contributed by atoms with van der Waals surface area (Å²) >= 11 is 0. The Labute approximate surface area is 58.7 Å². The zero-order chi connectivity index (χ0) is 7.40. The van der Waals surface area contributed by atoms with Gasteiger partial charge in [0.05, 0.1) is 0 Å². The van der Waals surface area contributed by atoms with Crippen LogP contribution in [0.4, 0.5) is 0 Å². The smallest absolute Gasteiger partial charge is 0.375 e. The number of nitrogens with zero attached hydrogens (tertiary/aromatic N) is 3. The Hall–Kier alpha value is -0.940. The summed E-state index contributed by atoms with van der Waals surface area (Å²) in [6, 6.07) is 0. The van der Waals surface area contributed by atoms with Crippen LogP contribution in [0.1, 0.15) is 0 Å². The van der Waals surface area contributed by atoms with Gasteiger partial charge in [0.1, 0.15) is 17.8 Å². The van der Waals surface area contributed by atoms with E-state index in [0.29, 0.717) is 0 Å². The van der Waals surface area contributed by atoms with Gasteiger partial charge in [-0.1, -0.05) is 0 Å². The average molecular weight is 135 g/mol. The van der Waals surface area contributed by atoms with E-state index in [2.05, 4.69) is 15.0 Å². The van der Waals surface area contributed by atoms with Gasteiger partial charge in [-0.3, -0.25) is 0 Å². The Morgan fingerprint density at radius 2 is 1.60 bits per heavy atom. The Morgan fingerprint density at radius 1 is 1.10 bits per heavy atom. The van der Waals surface area contributed by atoms with Crippen molar-refractivity contribution in [1.29, 1.82) is 0 Å². The van der Waals surface area contributed by atoms with Crippen LogP contribution in [0.5, 0.6) is 0 Å². The van der Waals surface area contributed by atoms with Gasteiger partial charge in [0, 0.05) is 0 Å². The van der Waals surface area contributed by atoms with E-state index in [9.17, 15) is 0 Å². The second kappa shape index (κ2) is 3.28. The molecule has 0 aromatic carbocycles. The number of aromatic nitrogens is 3. The van der Waals surface area contributed by atoms with Crippen LogP contribution in [0, 0.1) is 0 Å². The molecule has 48 valence electrons. The highest BCUT2D eigenvalue weighted by Crippen LogP contribution is 1.58. The second-order valence-corrected chi connectivity index (χ2v) is 1.46. The van der Waals surface area contributed by atoms with Crippen molar-refractivity contribution in [3.63, 3.8) is 0 Å². The van der Waals surface area contributed by atoms with Crippen LogP contribution in [0.2, 0.25) is 0 Å². The third kappa shape index (κ3) is 1.52. The van der Waals surface area contributed by atoms with Crippen molar-refractivity contribution in [2.24, 2.45) is 0 Å². The Morgan fingerprint density at radius 3 is 2.00 bits per heavy atom. The summed E-state index contributed by atoms with van der Waals surface area (Å²) in [4.78, 5) is 10.7. The molecule has 0 saturated carbocycles. The molecule has 0 fully saturated rings. The van der Waals surface area contributed by atoms with E-state index < -0.39 is 0 Å². The van der Waals surface area contributed by atoms with E-state index in [1.54, 1.807) is 0 Å². The molecule has 1 aromatic heterocycles. The van der Waals surface area contributed by atoms with Crippen LogP contribution in [0.15, 0.2) is 6.33 Å². The number of rotatable bonds is 2. The van der Waals surface area contributed by atoms with Gasteiger partial charge >= 0.3 is 15.0 Å². The van der Waals surface area contributed by atoms with Gasteiger partial charge in [-0.2, -0.15) is 0 Å². The first-order valence-electron chi connectivity index (χ1n) is 2.50. The van der Waals surface area contributed by atoms with E-state index in [0.717, 1.165) is 15.0 Å². The van der Waals surface area contributed by atoms with Crippen molar-refractivity contribution in [2.45, 2.75) is 0 Å². The van der Waals surface area contributed by atoms with Gasteiger partial charge in [-0.15, -0.1) is 0 Å². The minimum absolute atomic E-state index is 0.121. The molecular weight excluding hydrogens is 132 g/mol. The van der Waals surface area contributed by atoms with E-state index in [-0.39, 0.29) is 11.4 Å². The summed E-state index contributed by atoms with van der Waals surface area (Å²) in [6.07, 6.45) is 1.19. The summed E-state index contributed by atoms with van der Waals surface area (Å²) in [7, 11) is 1.46. The van der Waals surface area contributed by atoms with Crippen molar-refractivity contribution >= 4 is 26.4 Å². The molecule has 5 nitrogen and oxygen atoms in total. The summed E-state index contributed by atoms with van der Waals surface area (Å²) in [5, 5.41) is 16.8. The first kappa shape index (κ1) is 7.17. The highest BCUT2D eigenvalue weighted by molar-refractivity contribution is 6.46. The lowest BCUT2D eigenvalue weighted by Crippen LogP contribution is -2.34. The molecule has 2 N–H and O–H groups in total. The van der Waals surface area contributed by atoms with Crippen LogP contribution in [0.3, 0.4) is 0 Å². The molecule has 0 atom stereocenters. The van der Waals surface area contributed by atoms with E-state index in [1.165, 1.54) is 6.33 Å². The maximum absolute atomic E-state index is 8.38. The fourth-order valence-electron chi connectivity index (χ4n) is 0.447. The minimum Gasteiger partial charge on any atom is -0.447 e. The molecule has 10 heavy (non-hydrogen) atoms. The second-order valence-electron chi connectivity index (χ2n) is 1.46. The Kier molecular flexibility index (Phi) is 2.35. The highest BCUT2D eigenvalue weighted by Gasteiger charge is 2.00. The zero-order valence-corrected chi connectivity index (χ0v) is 4.97. The van der Waals surface area contributed by atoms with Gasteiger partial charge < -0.3 is 10.0 Å². The molecule has 0 aliphatic heterocycles. The fourth-order valence-corrected chi connectivity index (χ4v) is 0.447. The van der Waals surface area contributed by atoms with Crippen molar-refractivity contribution < 1.29 is 10.0 Å². The lowest BCUT2D eigenvalue weighted by molar-refractivity contribution is 0.609. The molecule has 0 bridgehead atoms. The molecule has 0 amide bonds. The normalized spacial score (nSPS) is 9.00. The van der Waals surface area contributed by atoms with Crippen LogP contribution >= 0.6 is 0 Å². The van der Waals surface area contributed by atoms with Crippen molar-refractivity contribution in [2.75, 3.05) is 0 Å². The Bertz CT molecular complexity index is 201. The predicted octanol–water partition coefficient (Wildman–Crippen LogP) is -3.65. The molecule has 1 rings (SSSR count). The largest absolute Gasteiger partial charge is 0.447 e. The van der Waals surface area contributed by atoms with E-state index in [1.807, 2.05) is 0 Å². The summed E-state index contributed by atoms with van der Waals surface area (Å²) in [6.45, 7) is 0. The lowest BCUT2D eigenvalue weighted by Gasteiger charge is -1.92. The van der Waals surface area contributed by atoms with Crippen LogP contribution < -0.4 is 11.4 Å². The fraction of sp³-hybridized carbons (Fsp3) is 0. The van der Waals surface area contributed by atoms with Crippen molar-refractivity contribution in [3.05, 3.63) is 6.33 Å². The van der Waals surface area contributed by atoms with Crippen molar-refractivity contribution in [3.8, 4) is 0 Å². The Balaban J connectivity index is 2.87. The van der Waals surface area contributed by atoms with Gasteiger partial charge in [-0.05, 0) is 0 Å². The first-order valence-corrected chi connectivity index (χ1v) is 2.50. The van der Waals surface area contributed by atoms with Crippen molar-refractivity contribution in [1.82, 2.24) is 15.0 Å². The standard InChI is InChI=1S/C3H3B2N3O2/c9-4-2-6-1-7-3(5-10)8-2/h1,9-10H. The lowest BCUT2D eigenvalue weighted by atomic mass is 9.98. The molecule has 7 heteroatoms. The quantitative estimate of drug-likeness (QED) is 0.408. The average Bonchev–Trinajstić information content (AvgIpc) is 2.05. The SMILES string of the molecule is O[B]c1ncnc([B]O)n1. The maximum atomic E-state index is 8.38. The summed E-state index contributed by atoms with van der Waals surface area (Å²) in [5.74, 6) is 0. The summed E-state index contributed by atoms with van der Waals surface area (Å²) < 4.78 is 0. The van der Waals surface area contributed by atoms with Gasteiger partial charge in [0.25, 0.3) is 0 Å². The maximum Gasteiger partial charge on any atom is 0.375 e. The van der Waals surface area contributed by atoms with E-state index >= 15 is 0 Å². The molecule has 0 spiro atoms. The summed E-state index contributed by atoms with van der Waals surface area (Å²) in [5.41, 5.74) is 0.241. The molecule has 0 unspecified atom stereocenters. The van der Waals surface area contributed by atoms with Gasteiger partial charge in [0.15, 0.2) is 0 Å².